The molecule has 2 aliphatic rings. The van der Waals surface area contributed by atoms with Crippen molar-refractivity contribution < 1.29 is 17.6 Å². The number of fused-ring (bicyclic) bond motifs is 1. The number of amidine groups is 1. The molecule has 1 fully saturated rings. The minimum absolute atomic E-state index is 0.0652. The smallest absolute Gasteiger partial charge is 0.234 e. The highest BCUT2D eigenvalue weighted by Gasteiger charge is 2.47. The fourth-order valence-corrected chi connectivity index (χ4v) is 6.81. The number of amides is 1. The maximum atomic E-state index is 14.7. The largest absolute Gasteiger partial charge is 0.325 e. The summed E-state index contributed by atoms with van der Waals surface area (Å²) in [5.74, 6) is -0.809. The van der Waals surface area contributed by atoms with Crippen molar-refractivity contribution in [1.29, 1.82) is 0 Å². The van der Waals surface area contributed by atoms with Gasteiger partial charge in [-0.1, -0.05) is 43.6 Å². The van der Waals surface area contributed by atoms with E-state index in [0.717, 1.165) is 4.47 Å². The van der Waals surface area contributed by atoms with Crippen LogP contribution < -0.4 is 10.2 Å². The van der Waals surface area contributed by atoms with Crippen LogP contribution in [0.3, 0.4) is 0 Å². The molecule has 1 N–H and O–H groups in total. The first-order valence-corrected chi connectivity index (χ1v) is 13.3. The quantitative estimate of drug-likeness (QED) is 0.594. The predicted octanol–water partition coefficient (Wildman–Crippen LogP) is 4.06. The van der Waals surface area contributed by atoms with Gasteiger partial charge in [0, 0.05) is 14.6 Å². The molecular formula is C19H16Br2FN3O3S2. The summed E-state index contributed by atoms with van der Waals surface area (Å²) in [7, 11) is -3.24. The van der Waals surface area contributed by atoms with E-state index >= 15 is 0 Å². The van der Waals surface area contributed by atoms with Crippen molar-refractivity contribution in [3.63, 3.8) is 0 Å². The topological polar surface area (TPSA) is 78.8 Å². The Morgan fingerprint density at radius 2 is 1.87 bits per heavy atom. The van der Waals surface area contributed by atoms with Crippen LogP contribution >= 0.6 is 43.6 Å². The minimum atomic E-state index is -3.24. The van der Waals surface area contributed by atoms with E-state index in [1.807, 2.05) is 12.1 Å². The van der Waals surface area contributed by atoms with Crippen molar-refractivity contribution in [3.05, 3.63) is 57.2 Å². The number of rotatable bonds is 4. The summed E-state index contributed by atoms with van der Waals surface area (Å²) in [6.07, 6.45) is 0. The lowest BCUT2D eigenvalue weighted by atomic mass is 10.1. The summed E-state index contributed by atoms with van der Waals surface area (Å²) >= 11 is 7.75. The summed E-state index contributed by atoms with van der Waals surface area (Å²) in [4.78, 5) is 18.5. The van der Waals surface area contributed by atoms with Gasteiger partial charge in [-0.15, -0.1) is 0 Å². The van der Waals surface area contributed by atoms with Crippen LogP contribution in [0.15, 0.2) is 56.4 Å². The molecule has 0 aromatic heterocycles. The molecule has 2 heterocycles. The number of carbonyl (C=O) groups is 1. The number of nitrogens with zero attached hydrogens (tertiary/aromatic N) is 2. The van der Waals surface area contributed by atoms with Crippen LogP contribution in [0.25, 0.3) is 0 Å². The number of hydrogen-bond donors (Lipinski definition) is 1. The van der Waals surface area contributed by atoms with E-state index in [0.29, 0.717) is 15.3 Å². The molecule has 1 amide bonds. The molecule has 0 aliphatic carbocycles. The number of carbonyl (C=O) groups excluding carboxylic acids is 1. The fraction of sp³-hybridized carbons (Fsp3) is 0.263. The number of thioether (sulfide) groups is 1. The molecule has 0 spiro atoms. The zero-order valence-electron chi connectivity index (χ0n) is 15.4. The lowest BCUT2D eigenvalue weighted by Gasteiger charge is -2.26. The number of aliphatic imine (C=N–C) groups is 1. The number of sulfone groups is 1. The molecule has 4 rings (SSSR count). The van der Waals surface area contributed by atoms with Crippen LogP contribution in [0.1, 0.15) is 0 Å². The summed E-state index contributed by atoms with van der Waals surface area (Å²) in [6, 6.07) is 10.9. The molecule has 1 saturated heterocycles. The van der Waals surface area contributed by atoms with E-state index in [4.69, 9.17) is 0 Å². The van der Waals surface area contributed by atoms with Crippen LogP contribution in [-0.4, -0.2) is 48.8 Å². The Balaban J connectivity index is 1.52. The maximum Gasteiger partial charge on any atom is 0.234 e. The van der Waals surface area contributed by atoms with Gasteiger partial charge in [-0.2, -0.15) is 0 Å². The minimum Gasteiger partial charge on any atom is -0.325 e. The van der Waals surface area contributed by atoms with E-state index in [2.05, 4.69) is 42.2 Å². The number of benzene rings is 2. The summed E-state index contributed by atoms with van der Waals surface area (Å²) in [5.41, 5.74) is 0.915. The Morgan fingerprint density at radius 1 is 1.17 bits per heavy atom. The van der Waals surface area contributed by atoms with Crippen molar-refractivity contribution in [2.45, 2.75) is 12.1 Å². The van der Waals surface area contributed by atoms with Gasteiger partial charge in [0.1, 0.15) is 5.82 Å². The molecular weight excluding hydrogens is 561 g/mol. The number of nitrogens with one attached hydrogen (secondary N) is 1. The summed E-state index contributed by atoms with van der Waals surface area (Å²) in [5, 5.41) is 3.25. The van der Waals surface area contributed by atoms with Crippen LogP contribution in [0, 0.1) is 5.82 Å². The molecule has 0 bridgehead atoms. The van der Waals surface area contributed by atoms with Crippen LogP contribution in [-0.2, 0) is 14.6 Å². The van der Waals surface area contributed by atoms with Gasteiger partial charge in [0.25, 0.3) is 0 Å². The molecule has 30 heavy (non-hydrogen) atoms. The number of anilines is 2. The summed E-state index contributed by atoms with van der Waals surface area (Å²) in [6.45, 7) is 0. The molecule has 2 aromatic rings. The van der Waals surface area contributed by atoms with Gasteiger partial charge < -0.3 is 10.2 Å². The number of hydrogen-bond acceptors (Lipinski definition) is 6. The van der Waals surface area contributed by atoms with Gasteiger partial charge in [-0.3, -0.25) is 9.79 Å². The summed E-state index contributed by atoms with van der Waals surface area (Å²) < 4.78 is 40.3. The van der Waals surface area contributed by atoms with E-state index in [-0.39, 0.29) is 28.9 Å². The molecule has 11 heteroatoms. The highest BCUT2D eigenvalue weighted by atomic mass is 79.9. The van der Waals surface area contributed by atoms with Crippen molar-refractivity contribution >= 4 is 75.9 Å². The SMILES string of the molecule is O=C(CSC1=N[C@@H]2CS(=O)(=O)C[C@@H]2N1c1ccc(Br)cc1F)Nc1ccc(Br)cc1. The van der Waals surface area contributed by atoms with Crippen molar-refractivity contribution in [1.82, 2.24) is 0 Å². The average molecular weight is 577 g/mol. The molecule has 6 nitrogen and oxygen atoms in total. The molecule has 2 aromatic carbocycles. The van der Waals surface area contributed by atoms with Crippen molar-refractivity contribution in [2.75, 3.05) is 27.5 Å². The second-order valence-corrected chi connectivity index (χ2v) is 11.9. The maximum absolute atomic E-state index is 14.7. The molecule has 2 aliphatic heterocycles. The third kappa shape index (κ3) is 4.74. The lowest BCUT2D eigenvalue weighted by Crippen LogP contribution is -2.40. The van der Waals surface area contributed by atoms with Crippen LogP contribution in [0.2, 0.25) is 0 Å². The van der Waals surface area contributed by atoms with Crippen molar-refractivity contribution in [2.24, 2.45) is 4.99 Å². The van der Waals surface area contributed by atoms with Gasteiger partial charge in [-0.25, -0.2) is 12.8 Å². The molecule has 0 unspecified atom stereocenters. The first-order chi connectivity index (χ1) is 14.2. The molecule has 0 radical (unpaired) electrons. The number of halogens is 3. The fourth-order valence-electron chi connectivity index (χ4n) is 3.45. The first-order valence-electron chi connectivity index (χ1n) is 8.92. The van der Waals surface area contributed by atoms with E-state index in [1.54, 1.807) is 29.2 Å². The van der Waals surface area contributed by atoms with Crippen molar-refractivity contribution in [3.8, 4) is 0 Å². The van der Waals surface area contributed by atoms with Gasteiger partial charge >= 0.3 is 0 Å². The normalized spacial score (nSPS) is 22.0. The molecule has 2 atom stereocenters. The Morgan fingerprint density at radius 3 is 2.57 bits per heavy atom. The molecule has 0 saturated carbocycles. The van der Waals surface area contributed by atoms with Crippen LogP contribution in [0.5, 0.6) is 0 Å². The first kappa shape index (κ1) is 21.8. The Labute approximate surface area is 194 Å². The van der Waals surface area contributed by atoms with Gasteiger partial charge in [0.15, 0.2) is 15.0 Å². The van der Waals surface area contributed by atoms with Gasteiger partial charge in [-0.05, 0) is 42.5 Å². The molecule has 158 valence electrons. The van der Waals surface area contributed by atoms with Gasteiger partial charge in [0.05, 0.1) is 35.0 Å². The van der Waals surface area contributed by atoms with E-state index < -0.39 is 27.7 Å². The Hall–Kier alpha value is -1.43. The zero-order valence-corrected chi connectivity index (χ0v) is 20.2. The van der Waals surface area contributed by atoms with Gasteiger partial charge in [0.2, 0.25) is 5.91 Å². The highest BCUT2D eigenvalue weighted by Crippen LogP contribution is 2.37. The predicted molar refractivity (Wildman–Crippen MR) is 125 cm³/mol. The second-order valence-electron chi connectivity index (χ2n) is 6.93. The standard InChI is InChI=1S/C19H16Br2FN3O3S2/c20-11-1-4-13(5-2-11)23-18(26)8-29-19-24-15-9-30(27,28)10-17(15)25(19)16-6-3-12(21)7-14(16)22/h1-7,15,17H,8-10H2,(H,23,26)/t15-,17+/m1/s1. The van der Waals surface area contributed by atoms with E-state index in [9.17, 15) is 17.6 Å². The zero-order chi connectivity index (χ0) is 21.5. The average Bonchev–Trinajstić information content (AvgIpc) is 3.13. The second kappa shape index (κ2) is 8.60. The third-order valence-corrected chi connectivity index (χ3v) is 8.42. The van der Waals surface area contributed by atoms with Crippen LogP contribution in [0.4, 0.5) is 15.8 Å². The van der Waals surface area contributed by atoms with E-state index in [1.165, 1.54) is 17.8 Å². The lowest BCUT2D eigenvalue weighted by molar-refractivity contribution is -0.113. The Bertz CT molecular complexity index is 1130. The third-order valence-electron chi connectivity index (χ3n) is 4.74. The monoisotopic (exact) mass is 575 g/mol. The highest BCUT2D eigenvalue weighted by molar-refractivity contribution is 9.10. The Kier molecular flexibility index (Phi) is 6.25.